The van der Waals surface area contributed by atoms with Gasteiger partial charge in [-0.2, -0.15) is 0 Å². The van der Waals surface area contributed by atoms with Crippen molar-refractivity contribution in [1.29, 1.82) is 0 Å². The lowest BCUT2D eigenvalue weighted by Crippen LogP contribution is -2.01. The van der Waals surface area contributed by atoms with E-state index in [-0.39, 0.29) is 0 Å². The van der Waals surface area contributed by atoms with Crippen LogP contribution in [0.5, 0.6) is 0 Å². The van der Waals surface area contributed by atoms with E-state index in [1.807, 2.05) is 18.2 Å². The number of allylic oxidation sites excluding steroid dienone is 3. The Morgan fingerprint density at radius 2 is 1.62 bits per heavy atom. The van der Waals surface area contributed by atoms with E-state index in [1.165, 1.54) is 0 Å². The standard InChI is InChI=1S/C12H18O/c1-4-7-11(8-5-2)10-12(13)9-6-3/h4-6,10,12-13H,1-3,7-9H2. The molecule has 0 saturated carbocycles. The van der Waals surface area contributed by atoms with Crippen LogP contribution >= 0.6 is 0 Å². The topological polar surface area (TPSA) is 20.2 Å². The maximum atomic E-state index is 9.46. The SMILES string of the molecule is C=CCC(=CC(O)CC=C)CC=C. The first kappa shape index (κ1) is 11.9. The molecule has 1 heteroatoms. The minimum Gasteiger partial charge on any atom is -0.389 e. The lowest BCUT2D eigenvalue weighted by molar-refractivity contribution is 0.226. The molecule has 0 rings (SSSR count). The van der Waals surface area contributed by atoms with Gasteiger partial charge in [-0.25, -0.2) is 0 Å². The van der Waals surface area contributed by atoms with Gasteiger partial charge in [-0.15, -0.1) is 19.7 Å². The Hall–Kier alpha value is -1.08. The van der Waals surface area contributed by atoms with Crippen molar-refractivity contribution in [3.8, 4) is 0 Å². The molecule has 0 saturated heterocycles. The van der Waals surface area contributed by atoms with Crippen molar-refractivity contribution in [2.24, 2.45) is 0 Å². The van der Waals surface area contributed by atoms with Gasteiger partial charge in [0.05, 0.1) is 6.10 Å². The molecule has 1 atom stereocenters. The number of aliphatic hydroxyl groups excluding tert-OH is 1. The van der Waals surface area contributed by atoms with Crippen LogP contribution in [0.15, 0.2) is 49.6 Å². The van der Waals surface area contributed by atoms with Crippen molar-refractivity contribution >= 4 is 0 Å². The van der Waals surface area contributed by atoms with Crippen LogP contribution in [0.25, 0.3) is 0 Å². The average Bonchev–Trinajstić information content (AvgIpc) is 2.05. The predicted molar refractivity (Wildman–Crippen MR) is 58.5 cm³/mol. The fraction of sp³-hybridized carbons (Fsp3) is 0.333. The fourth-order valence-electron chi connectivity index (χ4n) is 1.10. The summed E-state index contributed by atoms with van der Waals surface area (Å²) in [6.45, 7) is 10.9. The van der Waals surface area contributed by atoms with Crippen LogP contribution in [0, 0.1) is 0 Å². The Morgan fingerprint density at radius 3 is 2.00 bits per heavy atom. The van der Waals surface area contributed by atoms with Gasteiger partial charge in [-0.3, -0.25) is 0 Å². The molecule has 0 aliphatic heterocycles. The molecule has 0 aliphatic rings. The van der Waals surface area contributed by atoms with Crippen molar-refractivity contribution in [2.75, 3.05) is 0 Å². The summed E-state index contributed by atoms with van der Waals surface area (Å²) < 4.78 is 0. The summed E-state index contributed by atoms with van der Waals surface area (Å²) in [6, 6.07) is 0. The maximum Gasteiger partial charge on any atom is 0.0758 e. The van der Waals surface area contributed by atoms with E-state index in [1.54, 1.807) is 6.08 Å². The highest BCUT2D eigenvalue weighted by atomic mass is 16.3. The second-order valence-corrected chi connectivity index (χ2v) is 2.90. The molecule has 0 radical (unpaired) electrons. The molecule has 1 N–H and O–H groups in total. The van der Waals surface area contributed by atoms with Gasteiger partial charge in [-0.1, -0.05) is 29.9 Å². The smallest absolute Gasteiger partial charge is 0.0758 e. The molecule has 0 amide bonds. The Bertz CT molecular complexity index is 189. The largest absolute Gasteiger partial charge is 0.389 e. The predicted octanol–water partition coefficient (Wildman–Crippen LogP) is 3.00. The monoisotopic (exact) mass is 178 g/mol. The number of hydrogen-bond acceptors (Lipinski definition) is 1. The highest BCUT2D eigenvalue weighted by molar-refractivity contribution is 5.12. The molecule has 0 aromatic heterocycles. The zero-order valence-electron chi connectivity index (χ0n) is 8.08. The van der Waals surface area contributed by atoms with Gasteiger partial charge in [0.1, 0.15) is 0 Å². The molecule has 1 unspecified atom stereocenters. The van der Waals surface area contributed by atoms with Gasteiger partial charge in [0.2, 0.25) is 0 Å². The molecular weight excluding hydrogens is 160 g/mol. The molecule has 0 spiro atoms. The number of rotatable bonds is 7. The summed E-state index contributed by atoms with van der Waals surface area (Å²) in [5, 5.41) is 9.46. The van der Waals surface area contributed by atoms with Crippen LogP contribution in [0.2, 0.25) is 0 Å². The molecule has 0 aliphatic carbocycles. The van der Waals surface area contributed by atoms with Crippen LogP contribution in [0.4, 0.5) is 0 Å². The van der Waals surface area contributed by atoms with Crippen LogP contribution in [0.3, 0.4) is 0 Å². The summed E-state index contributed by atoms with van der Waals surface area (Å²) in [5.74, 6) is 0. The van der Waals surface area contributed by atoms with Gasteiger partial charge in [-0.05, 0) is 19.3 Å². The first-order chi connectivity index (χ1) is 6.24. The molecule has 0 aromatic carbocycles. The number of aliphatic hydroxyl groups is 1. The molecule has 1 nitrogen and oxygen atoms in total. The summed E-state index contributed by atoms with van der Waals surface area (Å²) in [7, 11) is 0. The minimum absolute atomic E-state index is 0.424. The molecule has 72 valence electrons. The van der Waals surface area contributed by atoms with Gasteiger partial charge in [0.15, 0.2) is 0 Å². The van der Waals surface area contributed by atoms with Crippen molar-refractivity contribution in [2.45, 2.75) is 25.4 Å². The molecule has 13 heavy (non-hydrogen) atoms. The zero-order valence-corrected chi connectivity index (χ0v) is 8.08. The summed E-state index contributed by atoms with van der Waals surface area (Å²) in [4.78, 5) is 0. The highest BCUT2D eigenvalue weighted by Crippen LogP contribution is 2.10. The van der Waals surface area contributed by atoms with Crippen LogP contribution in [0.1, 0.15) is 19.3 Å². The van der Waals surface area contributed by atoms with Crippen molar-refractivity contribution in [3.63, 3.8) is 0 Å². The van der Waals surface area contributed by atoms with Gasteiger partial charge in [0, 0.05) is 0 Å². The first-order valence-electron chi connectivity index (χ1n) is 4.45. The summed E-state index contributed by atoms with van der Waals surface area (Å²) in [6.07, 6.45) is 9.00. The lowest BCUT2D eigenvalue weighted by atomic mass is 10.1. The molecule has 0 aromatic rings. The van der Waals surface area contributed by atoms with E-state index in [0.717, 1.165) is 18.4 Å². The van der Waals surface area contributed by atoms with Gasteiger partial charge in [0.25, 0.3) is 0 Å². The quantitative estimate of drug-likeness (QED) is 0.594. The van der Waals surface area contributed by atoms with E-state index in [4.69, 9.17) is 0 Å². The second-order valence-electron chi connectivity index (χ2n) is 2.90. The van der Waals surface area contributed by atoms with E-state index < -0.39 is 6.10 Å². The van der Waals surface area contributed by atoms with E-state index >= 15 is 0 Å². The van der Waals surface area contributed by atoms with E-state index in [0.29, 0.717) is 6.42 Å². The molecular formula is C12H18O. The van der Waals surface area contributed by atoms with Crippen LogP contribution in [-0.4, -0.2) is 11.2 Å². The maximum absolute atomic E-state index is 9.46. The van der Waals surface area contributed by atoms with Crippen LogP contribution < -0.4 is 0 Å². The summed E-state index contributed by atoms with van der Waals surface area (Å²) >= 11 is 0. The molecule has 0 fully saturated rings. The Kier molecular flexibility index (Phi) is 6.93. The molecule has 0 bridgehead atoms. The third-order valence-electron chi connectivity index (χ3n) is 1.65. The third-order valence-corrected chi connectivity index (χ3v) is 1.65. The minimum atomic E-state index is -0.424. The normalized spacial score (nSPS) is 11.5. The Morgan fingerprint density at radius 1 is 1.08 bits per heavy atom. The van der Waals surface area contributed by atoms with Gasteiger partial charge >= 0.3 is 0 Å². The third kappa shape index (κ3) is 6.12. The summed E-state index contributed by atoms with van der Waals surface area (Å²) in [5.41, 5.74) is 1.15. The van der Waals surface area contributed by atoms with Gasteiger partial charge < -0.3 is 5.11 Å². The Labute approximate surface area is 80.8 Å². The van der Waals surface area contributed by atoms with Crippen molar-refractivity contribution < 1.29 is 5.11 Å². The van der Waals surface area contributed by atoms with Crippen molar-refractivity contribution in [3.05, 3.63) is 49.6 Å². The lowest BCUT2D eigenvalue weighted by Gasteiger charge is -2.05. The molecule has 0 heterocycles. The average molecular weight is 178 g/mol. The zero-order chi connectivity index (χ0) is 10.1. The fourth-order valence-corrected chi connectivity index (χ4v) is 1.10. The Balaban J connectivity index is 4.21. The van der Waals surface area contributed by atoms with Crippen LogP contribution in [-0.2, 0) is 0 Å². The number of hydrogen-bond donors (Lipinski definition) is 1. The first-order valence-corrected chi connectivity index (χ1v) is 4.45. The highest BCUT2D eigenvalue weighted by Gasteiger charge is 1.99. The second kappa shape index (κ2) is 7.56. The van der Waals surface area contributed by atoms with Crippen molar-refractivity contribution in [1.82, 2.24) is 0 Å². The van der Waals surface area contributed by atoms with E-state index in [9.17, 15) is 5.11 Å². The van der Waals surface area contributed by atoms with E-state index in [2.05, 4.69) is 19.7 Å².